The van der Waals surface area contributed by atoms with Crippen LogP contribution in [0.5, 0.6) is 0 Å². The molecule has 0 atom stereocenters. The lowest BCUT2D eigenvalue weighted by Crippen LogP contribution is -2.23. The van der Waals surface area contributed by atoms with E-state index in [1.54, 1.807) is 13.0 Å². The standard InChI is InChI=1S/C31H43N3O8S2/c1-23-20-27(22-32)13-15-29(23)34(18-9-19-43(37,38)39)26(4)11-8-10-25(3)33(17-7-5-6-12-31(35)36)30-16-14-28(21-24(30)2)44(40,41)42/h8,10-11,13-16,20-21H,5-7,9,12,17-19,22,32H2,1-4H3,(H2-,35,36,37,38,39,40,41,42)/p+1. The maximum absolute atomic E-state index is 11.6. The lowest BCUT2D eigenvalue weighted by atomic mass is 10.1. The Bertz CT molecular complexity index is 1630. The molecule has 0 aliphatic carbocycles. The van der Waals surface area contributed by atoms with Crippen molar-refractivity contribution in [1.82, 2.24) is 0 Å². The molecule has 0 saturated carbocycles. The Kier molecular flexibility index (Phi) is 13.9. The Morgan fingerprint density at radius 3 is 2.23 bits per heavy atom. The molecule has 242 valence electrons. The summed E-state index contributed by atoms with van der Waals surface area (Å²) >= 11 is 0. The van der Waals surface area contributed by atoms with Crippen LogP contribution in [-0.4, -0.2) is 66.1 Å². The summed E-state index contributed by atoms with van der Waals surface area (Å²) in [6.45, 7) is 8.82. The van der Waals surface area contributed by atoms with Gasteiger partial charge in [0.2, 0.25) is 5.69 Å². The summed E-state index contributed by atoms with van der Waals surface area (Å²) in [5.41, 5.74) is 11.7. The maximum Gasteiger partial charge on any atom is 0.303 e. The van der Waals surface area contributed by atoms with Crippen LogP contribution in [0.15, 0.2) is 65.2 Å². The van der Waals surface area contributed by atoms with E-state index >= 15 is 0 Å². The topological polar surface area (TPSA) is 178 Å². The molecule has 0 aromatic heterocycles. The van der Waals surface area contributed by atoms with Crippen molar-refractivity contribution >= 4 is 43.3 Å². The number of unbranched alkanes of at least 4 members (excludes halogenated alkanes) is 2. The highest BCUT2D eigenvalue weighted by atomic mass is 32.2. The Balaban J connectivity index is 2.45. The van der Waals surface area contributed by atoms with Gasteiger partial charge in [0.1, 0.15) is 6.54 Å². The molecule has 44 heavy (non-hydrogen) atoms. The van der Waals surface area contributed by atoms with Crippen LogP contribution in [0, 0.1) is 13.8 Å². The number of hydrogen-bond donors (Lipinski definition) is 4. The Morgan fingerprint density at radius 2 is 1.66 bits per heavy atom. The Hall–Kier alpha value is -3.36. The molecular weight excluding hydrogens is 606 g/mol. The number of hydrogen-bond acceptors (Lipinski definition) is 7. The van der Waals surface area contributed by atoms with E-state index in [4.69, 9.17) is 10.8 Å². The molecule has 0 amide bonds. The largest absolute Gasteiger partial charge is 0.481 e. The summed E-state index contributed by atoms with van der Waals surface area (Å²) in [6.07, 6.45) is 7.90. The highest BCUT2D eigenvalue weighted by Gasteiger charge is 2.18. The van der Waals surface area contributed by atoms with Gasteiger partial charge in [-0.2, -0.15) is 21.4 Å². The van der Waals surface area contributed by atoms with Gasteiger partial charge >= 0.3 is 5.97 Å². The Morgan fingerprint density at radius 1 is 0.955 bits per heavy atom. The van der Waals surface area contributed by atoms with Crippen molar-refractivity contribution in [1.29, 1.82) is 0 Å². The number of nitrogens with zero attached hydrogens (tertiary/aromatic N) is 2. The van der Waals surface area contributed by atoms with Crippen LogP contribution in [0.1, 0.15) is 62.6 Å². The second-order valence-corrected chi connectivity index (χ2v) is 13.7. The smallest absolute Gasteiger partial charge is 0.303 e. The van der Waals surface area contributed by atoms with Gasteiger partial charge in [0.25, 0.3) is 20.2 Å². The predicted octanol–water partition coefficient (Wildman–Crippen LogP) is 5.00. The van der Waals surface area contributed by atoms with Crippen LogP contribution in [0.25, 0.3) is 0 Å². The molecule has 11 nitrogen and oxygen atoms in total. The number of benzene rings is 2. The number of carboxylic acids is 1. The minimum absolute atomic E-state index is 0.0872. The van der Waals surface area contributed by atoms with E-state index in [1.165, 1.54) is 12.1 Å². The molecule has 0 unspecified atom stereocenters. The zero-order valence-corrected chi connectivity index (χ0v) is 27.4. The quantitative estimate of drug-likeness (QED) is 0.0598. The molecule has 0 heterocycles. The lowest BCUT2D eigenvalue weighted by Gasteiger charge is -2.27. The van der Waals surface area contributed by atoms with Crippen LogP contribution in [0.3, 0.4) is 0 Å². The van der Waals surface area contributed by atoms with E-state index in [0.717, 1.165) is 33.9 Å². The number of aliphatic carboxylic acids is 1. The summed E-state index contributed by atoms with van der Waals surface area (Å²) in [7, 11) is -8.46. The van der Waals surface area contributed by atoms with Crippen molar-refractivity contribution < 1.29 is 40.4 Å². The molecule has 2 aromatic carbocycles. The molecule has 0 saturated heterocycles. The number of rotatable bonds is 17. The first-order valence-corrected chi connectivity index (χ1v) is 17.4. The number of aryl methyl sites for hydroxylation is 2. The molecule has 2 rings (SSSR count). The molecule has 0 spiro atoms. The zero-order valence-electron chi connectivity index (χ0n) is 25.7. The van der Waals surface area contributed by atoms with E-state index in [9.17, 15) is 30.7 Å². The van der Waals surface area contributed by atoms with Crippen LogP contribution in [-0.2, 0) is 31.6 Å². The van der Waals surface area contributed by atoms with Crippen molar-refractivity contribution in [2.45, 2.75) is 71.2 Å². The van der Waals surface area contributed by atoms with Crippen molar-refractivity contribution in [3.8, 4) is 0 Å². The monoisotopic (exact) mass is 650 g/mol. The van der Waals surface area contributed by atoms with E-state index in [1.807, 2.05) is 66.7 Å². The maximum atomic E-state index is 11.6. The summed E-state index contributed by atoms with van der Waals surface area (Å²) in [5, 5.41) is 8.95. The highest BCUT2D eigenvalue weighted by molar-refractivity contribution is 7.86. The molecule has 13 heteroatoms. The number of nitrogens with two attached hydrogens (primary N) is 1. The van der Waals surface area contributed by atoms with Gasteiger partial charge in [-0.25, -0.2) is 0 Å². The first kappa shape index (κ1) is 36.8. The van der Waals surface area contributed by atoms with Crippen LogP contribution < -0.4 is 10.6 Å². The van der Waals surface area contributed by atoms with Crippen LogP contribution in [0.4, 0.5) is 11.4 Å². The molecule has 0 bridgehead atoms. The lowest BCUT2D eigenvalue weighted by molar-refractivity contribution is -0.440. The average molecular weight is 651 g/mol. The third-order valence-corrected chi connectivity index (χ3v) is 8.78. The van der Waals surface area contributed by atoms with Gasteiger partial charge in [-0.1, -0.05) is 18.6 Å². The number of carbonyl (C=O) groups is 1. The van der Waals surface area contributed by atoms with E-state index < -0.39 is 26.2 Å². The average Bonchev–Trinajstić information content (AvgIpc) is 2.92. The molecule has 0 aliphatic heterocycles. The minimum atomic E-state index is -4.36. The number of anilines is 1. The minimum Gasteiger partial charge on any atom is -0.481 e. The fourth-order valence-corrected chi connectivity index (χ4v) is 5.91. The van der Waals surface area contributed by atoms with Crippen molar-refractivity contribution in [2.75, 3.05) is 23.7 Å². The number of carboxylic acid groups (broad SMARTS) is 1. The number of allylic oxidation sites excluding steroid dienone is 4. The van der Waals surface area contributed by atoms with E-state index in [-0.39, 0.29) is 23.5 Å². The van der Waals surface area contributed by atoms with Gasteiger partial charge < -0.3 is 15.7 Å². The normalized spacial score (nSPS) is 13.3. The summed E-state index contributed by atoms with van der Waals surface area (Å²) in [4.78, 5) is 12.7. The van der Waals surface area contributed by atoms with Gasteiger partial charge in [0, 0.05) is 61.9 Å². The third-order valence-electron chi connectivity index (χ3n) is 7.13. The fourth-order valence-electron chi connectivity index (χ4n) is 4.85. The van der Waals surface area contributed by atoms with Gasteiger partial charge in [-0.15, -0.1) is 0 Å². The van der Waals surface area contributed by atoms with Gasteiger partial charge in [-0.05, 0) is 75.1 Å². The molecule has 2 aromatic rings. The SMILES string of the molecule is CC(/C=C/C=C(\C)N(CCCCCC(=O)O)c1ccc(S(=O)(=O)O)cc1C)=[N+](CCCS(=O)(=O)O)c1ccc(CN)cc1C. The highest BCUT2D eigenvalue weighted by Crippen LogP contribution is 2.27. The first-order chi connectivity index (χ1) is 20.5. The van der Waals surface area contributed by atoms with Crippen LogP contribution in [0.2, 0.25) is 0 Å². The van der Waals surface area contributed by atoms with Crippen molar-refractivity contribution in [3.05, 3.63) is 77.0 Å². The van der Waals surface area contributed by atoms with Crippen molar-refractivity contribution in [2.24, 2.45) is 5.73 Å². The molecule has 0 radical (unpaired) electrons. The van der Waals surface area contributed by atoms with Gasteiger partial charge in [0.15, 0.2) is 5.71 Å². The fraction of sp³-hybridized carbons (Fsp3) is 0.419. The summed E-state index contributed by atoms with van der Waals surface area (Å²) in [5.74, 6) is -1.21. The zero-order chi connectivity index (χ0) is 33.1. The Labute approximate surface area is 260 Å². The predicted molar refractivity (Wildman–Crippen MR) is 173 cm³/mol. The molecular formula is C31H44N3O8S2+. The van der Waals surface area contributed by atoms with E-state index in [0.29, 0.717) is 44.5 Å². The summed E-state index contributed by atoms with van der Waals surface area (Å²) < 4.78 is 66.7. The molecule has 0 aliphatic rings. The van der Waals surface area contributed by atoms with Crippen molar-refractivity contribution in [3.63, 3.8) is 0 Å². The second kappa shape index (κ2) is 16.6. The summed E-state index contributed by atoms with van der Waals surface area (Å²) in [6, 6.07) is 10.2. The molecule has 5 N–H and O–H groups in total. The second-order valence-electron chi connectivity index (χ2n) is 10.7. The first-order valence-electron chi connectivity index (χ1n) is 14.3. The van der Waals surface area contributed by atoms with Gasteiger partial charge in [-0.3, -0.25) is 13.9 Å². The third kappa shape index (κ3) is 12.0. The van der Waals surface area contributed by atoms with Crippen LogP contribution >= 0.6 is 0 Å². The molecule has 0 fully saturated rings. The van der Waals surface area contributed by atoms with E-state index in [2.05, 4.69) is 0 Å². The van der Waals surface area contributed by atoms with Gasteiger partial charge in [0.05, 0.1) is 10.6 Å².